The summed E-state index contributed by atoms with van der Waals surface area (Å²) in [7, 11) is 0. The van der Waals surface area contributed by atoms with E-state index in [1.165, 1.54) is 403 Å². The molecule has 0 spiro atoms. The molecule has 0 bridgehead atoms. The van der Waals surface area contributed by atoms with E-state index in [0.717, 1.165) is 68.5 Å². The maximum absolute atomic E-state index is 5.27. The minimum absolute atomic E-state index is 0. The molecule has 0 radical (unpaired) electrons. The number of benzene rings is 2. The molecular formula is C92H160N2Ni. The number of aliphatic imine (C=N–C) groups is 2. The number of nitrogens with zero attached hydrogens (tertiary/aromatic N) is 2. The van der Waals surface area contributed by atoms with Crippen LogP contribution in [0.2, 0.25) is 0 Å². The summed E-state index contributed by atoms with van der Waals surface area (Å²) in [5.74, 6) is 7.08. The molecule has 548 valence electrons. The zero-order valence-electron chi connectivity index (χ0n) is 64.0. The van der Waals surface area contributed by atoms with E-state index in [0.29, 0.717) is 0 Å². The van der Waals surface area contributed by atoms with Gasteiger partial charge in [0.25, 0.3) is 0 Å². The van der Waals surface area contributed by atoms with Gasteiger partial charge in [-0.1, -0.05) is 453 Å². The Morgan fingerprint density at radius 2 is 0.505 bits per heavy atom. The van der Waals surface area contributed by atoms with Gasteiger partial charge < -0.3 is 0 Å². The van der Waals surface area contributed by atoms with Crippen molar-refractivity contribution < 1.29 is 16.5 Å². The summed E-state index contributed by atoms with van der Waals surface area (Å²) in [6.07, 6.45) is 107. The molecule has 2 aromatic rings. The molecule has 0 atom stereocenters. The molecule has 0 aliphatic heterocycles. The molecule has 95 heavy (non-hydrogen) atoms. The SMILES string of the molecule is CCCCCCCCCCCCCCCCCCCCC=CCCCc1ccccc1N=CC(C#CCCCCCCCCCCCCCCCCCCCCCCCCCC)=Nc1ccccc1CCCC=CCCCCCCCCCCCCCCCCCCCC.[Ni]. The van der Waals surface area contributed by atoms with Crippen LogP contribution in [0.25, 0.3) is 0 Å². The second-order valence-electron chi connectivity index (χ2n) is 29.5. The van der Waals surface area contributed by atoms with Crippen molar-refractivity contribution in [1.82, 2.24) is 0 Å². The molecule has 2 nitrogen and oxygen atoms in total. The third kappa shape index (κ3) is 64.4. The fourth-order valence-corrected chi connectivity index (χ4v) is 14.0. The quantitative estimate of drug-likeness (QED) is 0.0207. The maximum Gasteiger partial charge on any atom is 0.132 e. The minimum Gasteiger partial charge on any atom is -0.254 e. The van der Waals surface area contributed by atoms with Crippen LogP contribution in [0, 0.1) is 11.8 Å². The molecule has 0 N–H and O–H groups in total. The van der Waals surface area contributed by atoms with Gasteiger partial charge in [0, 0.05) is 22.9 Å². The average molecular weight is 1350 g/mol. The van der Waals surface area contributed by atoms with Crippen LogP contribution in [-0.2, 0) is 29.3 Å². The van der Waals surface area contributed by atoms with Gasteiger partial charge in [0.15, 0.2) is 0 Å². The Bertz CT molecular complexity index is 2030. The van der Waals surface area contributed by atoms with E-state index in [1.54, 1.807) is 0 Å². The molecule has 0 aliphatic carbocycles. The normalized spacial score (nSPS) is 11.9. The second-order valence-corrected chi connectivity index (χ2v) is 29.5. The first-order valence-electron chi connectivity index (χ1n) is 42.9. The number of hydrogen-bond acceptors (Lipinski definition) is 2. The van der Waals surface area contributed by atoms with E-state index in [-0.39, 0.29) is 16.5 Å². The number of hydrogen-bond donors (Lipinski definition) is 0. The van der Waals surface area contributed by atoms with Crippen molar-refractivity contribution in [2.24, 2.45) is 9.98 Å². The Morgan fingerprint density at radius 1 is 0.274 bits per heavy atom. The summed E-state index contributed by atoms with van der Waals surface area (Å²) in [6.45, 7) is 6.94. The van der Waals surface area contributed by atoms with Crippen LogP contribution in [0.1, 0.15) is 462 Å². The summed E-state index contributed by atoms with van der Waals surface area (Å²) in [5, 5.41) is 0. The van der Waals surface area contributed by atoms with Gasteiger partial charge in [0.05, 0.1) is 17.6 Å². The zero-order valence-corrected chi connectivity index (χ0v) is 65.0. The number of unbranched alkanes of at least 4 members (excludes halogenated alkanes) is 62. The number of para-hydroxylation sites is 2. The van der Waals surface area contributed by atoms with Gasteiger partial charge in [0.1, 0.15) is 5.71 Å². The van der Waals surface area contributed by atoms with E-state index in [2.05, 4.69) is 105 Å². The van der Waals surface area contributed by atoms with Gasteiger partial charge in [0.2, 0.25) is 0 Å². The molecule has 0 unspecified atom stereocenters. The molecular weight excluding hydrogens is 1190 g/mol. The van der Waals surface area contributed by atoms with Gasteiger partial charge in [-0.15, -0.1) is 0 Å². The molecule has 0 fully saturated rings. The average Bonchev–Trinajstić information content (AvgIpc) is 1.02. The second kappa shape index (κ2) is 77.1. The van der Waals surface area contributed by atoms with Crippen molar-refractivity contribution in [2.75, 3.05) is 0 Å². The van der Waals surface area contributed by atoms with Gasteiger partial charge >= 0.3 is 0 Å². The monoisotopic (exact) mass is 1350 g/mol. The van der Waals surface area contributed by atoms with E-state index in [4.69, 9.17) is 9.98 Å². The van der Waals surface area contributed by atoms with E-state index in [1.807, 2.05) is 6.21 Å². The van der Waals surface area contributed by atoms with Crippen LogP contribution in [0.4, 0.5) is 11.4 Å². The summed E-state index contributed by atoms with van der Waals surface area (Å²) < 4.78 is 0. The fourth-order valence-electron chi connectivity index (χ4n) is 14.0. The van der Waals surface area contributed by atoms with Crippen LogP contribution < -0.4 is 0 Å². The Labute approximate surface area is 605 Å². The number of allylic oxidation sites excluding steroid dienone is 4. The van der Waals surface area contributed by atoms with Crippen LogP contribution in [0.15, 0.2) is 82.8 Å². The molecule has 0 saturated heterocycles. The minimum atomic E-state index is 0. The maximum atomic E-state index is 5.27. The van der Waals surface area contributed by atoms with Gasteiger partial charge in [-0.2, -0.15) is 0 Å². The van der Waals surface area contributed by atoms with Crippen molar-refractivity contribution in [3.63, 3.8) is 0 Å². The summed E-state index contributed by atoms with van der Waals surface area (Å²) in [6, 6.07) is 17.5. The standard InChI is InChI=1S/C92H160N2.Ni/c1-4-7-10-13-16-19-22-25-28-31-34-37-40-41-42-45-48-51-54-57-60-63-66-69-72-75-84-90(94-92-86-79-77-83-89(92)81-74-71-68-65-62-59-56-53-50-47-44-39-36-33-30-27-24-21-18-15-12-9-6-3)87-93-91-85-78-76-82-88(91)80-73-70-67-64-61-58-55-52-49-46-43-38-35-32-29-26-23-20-17-14-11-8-5-2;/h64-65,67-68,76-79,82-83,85-87H,4-63,66,69-74,80-81H2,1-3H3;. The summed E-state index contributed by atoms with van der Waals surface area (Å²) in [5.41, 5.74) is 5.50. The summed E-state index contributed by atoms with van der Waals surface area (Å²) in [4.78, 5) is 10.4. The molecule has 2 aromatic carbocycles. The molecule has 0 aromatic heterocycles. The van der Waals surface area contributed by atoms with Crippen molar-refractivity contribution in [3.05, 3.63) is 84.0 Å². The van der Waals surface area contributed by atoms with Gasteiger partial charge in [-0.3, -0.25) is 4.99 Å². The predicted molar refractivity (Wildman–Crippen MR) is 428 cm³/mol. The van der Waals surface area contributed by atoms with Crippen LogP contribution in [0.3, 0.4) is 0 Å². The van der Waals surface area contributed by atoms with E-state index in [9.17, 15) is 0 Å². The molecule has 2 rings (SSSR count). The molecule has 3 heteroatoms. The van der Waals surface area contributed by atoms with Crippen molar-refractivity contribution in [3.8, 4) is 11.8 Å². The van der Waals surface area contributed by atoms with Crippen LogP contribution >= 0.6 is 0 Å². The van der Waals surface area contributed by atoms with Gasteiger partial charge in [-0.25, -0.2) is 4.99 Å². The van der Waals surface area contributed by atoms with E-state index < -0.39 is 0 Å². The first kappa shape index (κ1) is 90.3. The first-order chi connectivity index (χ1) is 46.8. The van der Waals surface area contributed by atoms with Crippen molar-refractivity contribution in [1.29, 1.82) is 0 Å². The first-order valence-corrected chi connectivity index (χ1v) is 42.9. The predicted octanol–water partition coefficient (Wildman–Crippen LogP) is 32.6. The number of aryl methyl sites for hydroxylation is 2. The number of rotatable bonds is 73. The molecule has 0 aliphatic rings. The fraction of sp³-hybridized carbons (Fsp3) is 0.783. The van der Waals surface area contributed by atoms with Crippen LogP contribution in [-0.4, -0.2) is 11.9 Å². The van der Waals surface area contributed by atoms with Crippen molar-refractivity contribution >= 4 is 23.3 Å². The van der Waals surface area contributed by atoms with Crippen molar-refractivity contribution in [2.45, 2.75) is 464 Å². The Balaban J connectivity index is 0.0000451. The zero-order chi connectivity index (χ0) is 66.7. The largest absolute Gasteiger partial charge is 0.254 e. The van der Waals surface area contributed by atoms with E-state index >= 15 is 0 Å². The molecule has 0 amide bonds. The molecule has 0 heterocycles. The molecule has 0 saturated carbocycles. The topological polar surface area (TPSA) is 24.7 Å². The Kier molecular flexibility index (Phi) is 73.3. The Morgan fingerprint density at radius 3 is 0.800 bits per heavy atom. The Hall–Kier alpha value is -2.69. The third-order valence-corrected chi connectivity index (χ3v) is 20.3. The van der Waals surface area contributed by atoms with Gasteiger partial charge in [-0.05, 0) is 99.8 Å². The third-order valence-electron chi connectivity index (χ3n) is 20.3. The smallest absolute Gasteiger partial charge is 0.132 e. The van der Waals surface area contributed by atoms with Crippen LogP contribution in [0.5, 0.6) is 0 Å². The summed E-state index contributed by atoms with van der Waals surface area (Å²) >= 11 is 0.